The second-order valence-electron chi connectivity index (χ2n) is 3.69. The fraction of sp³-hybridized carbons (Fsp3) is 0.308. The summed E-state index contributed by atoms with van der Waals surface area (Å²) in [5.74, 6) is 0.00279. The Labute approximate surface area is 104 Å². The number of rotatable bonds is 6. The number of ether oxygens (including phenoxy) is 1. The monoisotopic (exact) mass is 282 g/mol. The first-order valence-electron chi connectivity index (χ1n) is 5.10. The van der Waals surface area contributed by atoms with Gasteiger partial charge in [-0.2, -0.15) is 0 Å². The molecule has 0 aliphatic rings. The molecule has 0 spiro atoms. The van der Waals surface area contributed by atoms with Crippen LogP contribution in [0.5, 0.6) is 0 Å². The molecule has 16 heavy (non-hydrogen) atoms. The Hall–Kier alpha value is -0.930. The van der Waals surface area contributed by atoms with Crippen LogP contribution in [0, 0.1) is 0 Å². The molecule has 86 valence electrons. The molecule has 0 aliphatic heterocycles. The summed E-state index contributed by atoms with van der Waals surface area (Å²) in [6.07, 6.45) is 0.797. The predicted molar refractivity (Wildman–Crippen MR) is 68.7 cm³/mol. The Morgan fingerprint density at radius 3 is 2.88 bits per heavy atom. The highest BCUT2D eigenvalue weighted by molar-refractivity contribution is 9.10. The zero-order valence-electron chi connectivity index (χ0n) is 9.33. The molecular weight excluding hydrogens is 268 g/mol. The summed E-state index contributed by atoms with van der Waals surface area (Å²) in [4.78, 5) is 11.7. The fourth-order valence-electron chi connectivity index (χ4n) is 1.16. The van der Waals surface area contributed by atoms with Gasteiger partial charge in [0, 0.05) is 10.0 Å². The molecule has 0 aliphatic carbocycles. The van der Waals surface area contributed by atoms with E-state index in [-0.39, 0.29) is 12.4 Å². The zero-order valence-corrected chi connectivity index (χ0v) is 10.9. The van der Waals surface area contributed by atoms with Gasteiger partial charge in [-0.25, -0.2) is 0 Å². The van der Waals surface area contributed by atoms with Crippen LogP contribution >= 0.6 is 15.9 Å². The number of Topliss-reactive ketones (excluding diaryl/α,β-unsaturated/α-hetero) is 1. The van der Waals surface area contributed by atoms with Crippen LogP contribution in [0.3, 0.4) is 0 Å². The second kappa shape index (κ2) is 6.61. The van der Waals surface area contributed by atoms with Gasteiger partial charge in [0.1, 0.15) is 6.61 Å². The van der Waals surface area contributed by atoms with Crippen LogP contribution in [0.1, 0.15) is 23.7 Å². The van der Waals surface area contributed by atoms with Crippen LogP contribution in [-0.2, 0) is 4.74 Å². The van der Waals surface area contributed by atoms with Crippen molar-refractivity contribution in [1.29, 1.82) is 0 Å². The summed E-state index contributed by atoms with van der Waals surface area (Å²) < 4.78 is 6.18. The quantitative estimate of drug-likeness (QED) is 0.453. The minimum atomic E-state index is 0.00279. The lowest BCUT2D eigenvalue weighted by molar-refractivity contribution is 0.0765. The standard InChI is InChI=1S/C13H15BrO2/c1-10(2)6-7-16-9-13(15)11-4-3-5-12(14)8-11/h3-5,8H,1,6-7,9H2,2H3. The maximum atomic E-state index is 11.7. The molecule has 0 unspecified atom stereocenters. The Morgan fingerprint density at radius 1 is 1.50 bits per heavy atom. The first-order chi connectivity index (χ1) is 7.59. The molecule has 0 atom stereocenters. The van der Waals surface area contributed by atoms with Crippen molar-refractivity contribution < 1.29 is 9.53 Å². The first-order valence-corrected chi connectivity index (χ1v) is 5.90. The van der Waals surface area contributed by atoms with Gasteiger partial charge in [-0.05, 0) is 25.5 Å². The van der Waals surface area contributed by atoms with Crippen LogP contribution in [0.25, 0.3) is 0 Å². The number of ketones is 1. The lowest BCUT2D eigenvalue weighted by Crippen LogP contribution is -2.09. The fourth-order valence-corrected chi connectivity index (χ4v) is 1.56. The topological polar surface area (TPSA) is 26.3 Å². The third-order valence-electron chi connectivity index (χ3n) is 2.05. The average Bonchev–Trinajstić information content (AvgIpc) is 2.24. The van der Waals surface area contributed by atoms with Crippen LogP contribution in [0.15, 0.2) is 40.9 Å². The van der Waals surface area contributed by atoms with Crippen molar-refractivity contribution in [3.63, 3.8) is 0 Å². The maximum absolute atomic E-state index is 11.7. The number of carbonyl (C=O) groups is 1. The average molecular weight is 283 g/mol. The van der Waals surface area contributed by atoms with Crippen molar-refractivity contribution >= 4 is 21.7 Å². The normalized spacial score (nSPS) is 10.1. The molecule has 0 saturated carbocycles. The molecule has 0 saturated heterocycles. The summed E-state index contributed by atoms with van der Waals surface area (Å²) in [5.41, 5.74) is 1.74. The number of hydrogen-bond acceptors (Lipinski definition) is 2. The van der Waals surface area contributed by atoms with Crippen LogP contribution in [0.2, 0.25) is 0 Å². The summed E-state index contributed by atoms with van der Waals surface area (Å²) in [6.45, 7) is 6.39. The molecule has 0 heterocycles. The highest BCUT2D eigenvalue weighted by Crippen LogP contribution is 2.12. The molecule has 1 aromatic carbocycles. The third kappa shape index (κ3) is 4.73. The molecule has 2 nitrogen and oxygen atoms in total. The van der Waals surface area contributed by atoms with E-state index < -0.39 is 0 Å². The number of hydrogen-bond donors (Lipinski definition) is 0. The van der Waals surface area contributed by atoms with Crippen molar-refractivity contribution in [3.8, 4) is 0 Å². The van der Waals surface area contributed by atoms with E-state index >= 15 is 0 Å². The Balaban J connectivity index is 2.38. The summed E-state index contributed by atoms with van der Waals surface area (Å²) in [6, 6.07) is 7.31. The van der Waals surface area contributed by atoms with E-state index in [9.17, 15) is 4.79 Å². The second-order valence-corrected chi connectivity index (χ2v) is 4.61. The molecule has 0 bridgehead atoms. The van der Waals surface area contributed by atoms with Crippen molar-refractivity contribution in [2.75, 3.05) is 13.2 Å². The van der Waals surface area contributed by atoms with Gasteiger partial charge in [-0.15, -0.1) is 6.58 Å². The van der Waals surface area contributed by atoms with Gasteiger partial charge in [0.05, 0.1) is 6.61 Å². The van der Waals surface area contributed by atoms with Crippen LogP contribution in [-0.4, -0.2) is 19.0 Å². The molecule has 0 radical (unpaired) electrons. The first kappa shape index (κ1) is 13.1. The minimum absolute atomic E-state index is 0.00279. The maximum Gasteiger partial charge on any atom is 0.188 e. The minimum Gasteiger partial charge on any atom is -0.373 e. The molecule has 3 heteroatoms. The van der Waals surface area contributed by atoms with E-state index in [1.54, 1.807) is 12.1 Å². The van der Waals surface area contributed by atoms with Gasteiger partial charge in [0.15, 0.2) is 5.78 Å². The van der Waals surface area contributed by atoms with Gasteiger partial charge in [0.25, 0.3) is 0 Å². The van der Waals surface area contributed by atoms with Gasteiger partial charge in [-0.1, -0.05) is 33.6 Å². The zero-order chi connectivity index (χ0) is 12.0. The molecule has 0 aromatic heterocycles. The van der Waals surface area contributed by atoms with Crippen molar-refractivity contribution in [1.82, 2.24) is 0 Å². The highest BCUT2D eigenvalue weighted by Gasteiger charge is 2.05. The molecule has 1 rings (SSSR count). The molecule has 0 N–H and O–H groups in total. The van der Waals surface area contributed by atoms with E-state index in [0.717, 1.165) is 16.5 Å². The number of halogens is 1. The Kier molecular flexibility index (Phi) is 5.43. The largest absolute Gasteiger partial charge is 0.373 e. The van der Waals surface area contributed by atoms with Crippen LogP contribution in [0.4, 0.5) is 0 Å². The summed E-state index contributed by atoms with van der Waals surface area (Å²) in [7, 11) is 0. The summed E-state index contributed by atoms with van der Waals surface area (Å²) in [5, 5.41) is 0. The van der Waals surface area contributed by atoms with Gasteiger partial charge in [-0.3, -0.25) is 4.79 Å². The number of carbonyl (C=O) groups excluding carboxylic acids is 1. The Morgan fingerprint density at radius 2 is 2.25 bits per heavy atom. The predicted octanol–water partition coefficient (Wildman–Crippen LogP) is 3.61. The molecule has 0 amide bonds. The van der Waals surface area contributed by atoms with E-state index in [1.807, 2.05) is 19.1 Å². The number of benzene rings is 1. The Bertz CT molecular complexity index is 385. The molecular formula is C13H15BrO2. The van der Waals surface area contributed by atoms with E-state index in [0.29, 0.717) is 12.2 Å². The van der Waals surface area contributed by atoms with Gasteiger partial charge >= 0.3 is 0 Å². The van der Waals surface area contributed by atoms with Crippen molar-refractivity contribution in [2.24, 2.45) is 0 Å². The van der Waals surface area contributed by atoms with Crippen LogP contribution < -0.4 is 0 Å². The van der Waals surface area contributed by atoms with Crippen molar-refractivity contribution in [3.05, 3.63) is 46.5 Å². The molecule has 1 aromatic rings. The third-order valence-corrected chi connectivity index (χ3v) is 2.55. The lowest BCUT2D eigenvalue weighted by Gasteiger charge is -2.04. The van der Waals surface area contributed by atoms with E-state index in [4.69, 9.17) is 4.74 Å². The summed E-state index contributed by atoms with van der Waals surface area (Å²) >= 11 is 3.33. The van der Waals surface area contributed by atoms with E-state index in [2.05, 4.69) is 22.5 Å². The van der Waals surface area contributed by atoms with E-state index in [1.165, 1.54) is 0 Å². The highest BCUT2D eigenvalue weighted by atomic mass is 79.9. The van der Waals surface area contributed by atoms with Crippen molar-refractivity contribution in [2.45, 2.75) is 13.3 Å². The lowest BCUT2D eigenvalue weighted by atomic mass is 10.1. The van der Waals surface area contributed by atoms with Gasteiger partial charge in [0.2, 0.25) is 0 Å². The SMILES string of the molecule is C=C(C)CCOCC(=O)c1cccc(Br)c1. The van der Waals surface area contributed by atoms with Gasteiger partial charge < -0.3 is 4.74 Å². The smallest absolute Gasteiger partial charge is 0.188 e. The molecule has 0 fully saturated rings.